The second-order valence-electron chi connectivity index (χ2n) is 9.94. The first-order chi connectivity index (χ1) is 18.6. The van der Waals surface area contributed by atoms with Gasteiger partial charge in [-0.15, -0.1) is 0 Å². The molecule has 10 heteroatoms. The van der Waals surface area contributed by atoms with Gasteiger partial charge in [-0.25, -0.2) is 9.18 Å². The molecule has 39 heavy (non-hydrogen) atoms. The van der Waals surface area contributed by atoms with E-state index >= 15 is 0 Å². The minimum Gasteiger partial charge on any atom is -0.505 e. The van der Waals surface area contributed by atoms with Crippen LogP contribution in [0.4, 0.5) is 10.1 Å². The molecule has 1 heterocycles. The van der Waals surface area contributed by atoms with Crippen LogP contribution in [-0.4, -0.2) is 39.6 Å². The minimum atomic E-state index is -1.21. The molecule has 4 aliphatic rings. The Morgan fingerprint density at radius 1 is 1.03 bits per heavy atom. The van der Waals surface area contributed by atoms with Gasteiger partial charge in [0.05, 0.1) is 27.6 Å². The van der Waals surface area contributed by atoms with E-state index in [0.29, 0.717) is 5.57 Å². The summed E-state index contributed by atoms with van der Waals surface area (Å²) in [5, 5.41) is 20.0. The van der Waals surface area contributed by atoms with E-state index in [0.717, 1.165) is 17.0 Å². The third-order valence-electron chi connectivity index (χ3n) is 8.01. The standard InChI is InChI=1S/C29H19BrFNO7/c30-19-11-21(33)24-18(25(19)34)10-17-14(22(24)15-5-2-6-20(31)26(15)35)7-8-16-23(17)28(37)32(27(16)36)13-4-1-3-12(9-13)29(38)39/h1-7,9,11,16-17,22-23,35H,8,10H2,(H,38,39)/t16-,17+,22+,23-/m0/s1. The summed E-state index contributed by atoms with van der Waals surface area (Å²) in [5.74, 6) is -8.04. The van der Waals surface area contributed by atoms with Crippen LogP contribution in [0.25, 0.3) is 0 Å². The number of hydrogen-bond acceptors (Lipinski definition) is 6. The van der Waals surface area contributed by atoms with Crippen LogP contribution in [0.5, 0.6) is 5.75 Å². The number of para-hydroxylation sites is 1. The Balaban J connectivity index is 1.49. The first-order valence-electron chi connectivity index (χ1n) is 12.2. The second kappa shape index (κ2) is 8.94. The van der Waals surface area contributed by atoms with Gasteiger partial charge in [0.15, 0.2) is 23.1 Å². The van der Waals surface area contributed by atoms with E-state index in [2.05, 4.69) is 15.9 Å². The van der Waals surface area contributed by atoms with Crippen molar-refractivity contribution in [1.29, 1.82) is 0 Å². The van der Waals surface area contributed by atoms with Gasteiger partial charge >= 0.3 is 5.97 Å². The predicted molar refractivity (Wildman–Crippen MR) is 139 cm³/mol. The molecule has 0 unspecified atom stereocenters. The number of carboxylic acids is 1. The molecule has 6 rings (SSSR count). The van der Waals surface area contributed by atoms with Gasteiger partial charge in [0.2, 0.25) is 11.8 Å². The smallest absolute Gasteiger partial charge is 0.335 e. The van der Waals surface area contributed by atoms with Crippen LogP contribution in [0.1, 0.15) is 34.7 Å². The number of amides is 2. The lowest BCUT2D eigenvalue weighted by atomic mass is 9.59. The Morgan fingerprint density at radius 2 is 1.77 bits per heavy atom. The Labute approximate surface area is 229 Å². The molecule has 196 valence electrons. The van der Waals surface area contributed by atoms with Gasteiger partial charge in [-0.2, -0.15) is 0 Å². The highest BCUT2D eigenvalue weighted by atomic mass is 79.9. The number of aromatic hydroxyl groups is 1. The number of phenols is 1. The van der Waals surface area contributed by atoms with Crippen LogP contribution in [-0.2, 0) is 19.2 Å². The molecule has 2 aromatic rings. The lowest BCUT2D eigenvalue weighted by Gasteiger charge is -2.42. The van der Waals surface area contributed by atoms with Crippen LogP contribution in [0, 0.1) is 23.6 Å². The van der Waals surface area contributed by atoms with Crippen molar-refractivity contribution in [2.75, 3.05) is 4.90 Å². The number of nitrogens with zero attached hydrogens (tertiary/aromatic N) is 1. The zero-order valence-corrected chi connectivity index (χ0v) is 21.6. The van der Waals surface area contributed by atoms with Crippen molar-refractivity contribution in [1.82, 2.24) is 0 Å². The average molecular weight is 592 g/mol. The van der Waals surface area contributed by atoms with E-state index in [9.17, 15) is 38.6 Å². The monoisotopic (exact) mass is 591 g/mol. The molecule has 2 N–H and O–H groups in total. The number of rotatable bonds is 3. The van der Waals surface area contributed by atoms with E-state index in [4.69, 9.17) is 0 Å². The van der Waals surface area contributed by atoms with Crippen molar-refractivity contribution in [3.05, 3.63) is 92.8 Å². The summed E-state index contributed by atoms with van der Waals surface area (Å²) in [6.45, 7) is 0. The molecular formula is C29H19BrFNO7. The highest BCUT2D eigenvalue weighted by Gasteiger charge is 2.57. The van der Waals surface area contributed by atoms with E-state index in [-0.39, 0.29) is 45.3 Å². The fraction of sp³-hybridized carbons (Fsp3) is 0.207. The number of Topliss-reactive ketones (excluding diaryl/α,β-unsaturated/α-hetero) is 1. The summed E-state index contributed by atoms with van der Waals surface area (Å²) in [6.07, 6.45) is 3.05. The Kier molecular flexibility index (Phi) is 5.76. The maximum absolute atomic E-state index is 14.5. The highest BCUT2D eigenvalue weighted by Crippen LogP contribution is 2.56. The number of carbonyl (C=O) groups excluding carboxylic acids is 4. The molecule has 1 saturated heterocycles. The third-order valence-corrected chi connectivity index (χ3v) is 8.60. The largest absolute Gasteiger partial charge is 0.505 e. The maximum Gasteiger partial charge on any atom is 0.335 e. The predicted octanol–water partition coefficient (Wildman–Crippen LogP) is 4.20. The molecule has 3 aliphatic carbocycles. The molecule has 4 atom stereocenters. The number of phenolic OH excluding ortho intramolecular Hbond substituents is 1. The summed E-state index contributed by atoms with van der Waals surface area (Å²) in [5.41, 5.74) is 0.965. The van der Waals surface area contributed by atoms with Crippen LogP contribution < -0.4 is 4.90 Å². The molecule has 2 amide bonds. The van der Waals surface area contributed by atoms with E-state index in [1.807, 2.05) is 0 Å². The summed E-state index contributed by atoms with van der Waals surface area (Å²) < 4.78 is 14.5. The molecule has 0 radical (unpaired) electrons. The lowest BCUT2D eigenvalue weighted by Crippen LogP contribution is -2.39. The first-order valence-corrected chi connectivity index (χ1v) is 13.0. The van der Waals surface area contributed by atoms with Gasteiger partial charge in [0, 0.05) is 28.7 Å². The van der Waals surface area contributed by atoms with Crippen LogP contribution in [0.3, 0.4) is 0 Å². The van der Waals surface area contributed by atoms with Crippen molar-refractivity contribution >= 4 is 51.0 Å². The molecule has 0 aromatic heterocycles. The van der Waals surface area contributed by atoms with Gasteiger partial charge in [-0.05, 0) is 59.0 Å². The fourth-order valence-corrected chi connectivity index (χ4v) is 6.81. The van der Waals surface area contributed by atoms with E-state index < -0.39 is 64.6 Å². The Bertz CT molecular complexity index is 1640. The van der Waals surface area contributed by atoms with E-state index in [1.54, 1.807) is 6.08 Å². The number of ketones is 2. The zero-order chi connectivity index (χ0) is 27.7. The number of halogens is 2. The number of carboxylic acid groups (broad SMARTS) is 1. The molecule has 8 nitrogen and oxygen atoms in total. The van der Waals surface area contributed by atoms with Gasteiger partial charge in [0.1, 0.15) is 0 Å². The molecule has 2 aromatic carbocycles. The number of imide groups is 1. The maximum atomic E-state index is 14.5. The van der Waals surface area contributed by atoms with Crippen LogP contribution >= 0.6 is 15.9 Å². The number of aromatic carboxylic acids is 1. The van der Waals surface area contributed by atoms with Crippen molar-refractivity contribution in [3.63, 3.8) is 0 Å². The molecule has 0 bridgehead atoms. The van der Waals surface area contributed by atoms with E-state index in [1.165, 1.54) is 36.4 Å². The molecule has 1 fully saturated rings. The van der Waals surface area contributed by atoms with Crippen molar-refractivity contribution in [2.24, 2.45) is 17.8 Å². The molecule has 1 aliphatic heterocycles. The third kappa shape index (κ3) is 3.65. The number of hydrogen-bond donors (Lipinski definition) is 2. The van der Waals surface area contributed by atoms with Gasteiger partial charge in [-0.1, -0.05) is 29.8 Å². The summed E-state index contributed by atoms with van der Waals surface area (Å²) in [6, 6.07) is 9.47. The van der Waals surface area contributed by atoms with Crippen molar-refractivity contribution in [3.8, 4) is 5.75 Å². The second-order valence-corrected chi connectivity index (χ2v) is 10.8. The number of fused-ring (bicyclic) bond motifs is 3. The molecule has 0 spiro atoms. The number of carbonyl (C=O) groups is 5. The Morgan fingerprint density at radius 3 is 2.51 bits per heavy atom. The normalized spacial score (nSPS) is 26.2. The lowest BCUT2D eigenvalue weighted by molar-refractivity contribution is -0.123. The van der Waals surface area contributed by atoms with Crippen LogP contribution in [0.15, 0.2) is 75.8 Å². The fourth-order valence-electron chi connectivity index (χ4n) is 6.36. The van der Waals surface area contributed by atoms with Gasteiger partial charge < -0.3 is 10.2 Å². The Hall–Kier alpha value is -4.18. The zero-order valence-electron chi connectivity index (χ0n) is 20.1. The van der Waals surface area contributed by atoms with Gasteiger partial charge in [0.25, 0.3) is 0 Å². The minimum absolute atomic E-state index is 0.00441. The highest BCUT2D eigenvalue weighted by molar-refractivity contribution is 9.12. The van der Waals surface area contributed by atoms with Crippen molar-refractivity contribution < 1.29 is 38.6 Å². The number of benzene rings is 2. The van der Waals surface area contributed by atoms with Crippen LogP contribution in [0.2, 0.25) is 0 Å². The number of allylic oxidation sites excluding steroid dienone is 6. The number of anilines is 1. The first kappa shape index (κ1) is 25.1. The topological polar surface area (TPSA) is 129 Å². The SMILES string of the molecule is O=C1C=C(Br)C(=O)C2=C1[C@@H](c1cccc(F)c1O)C1=CC[C@@H]3C(=O)N(c4cccc(C(=O)O)c4)C(=O)[C@@H]3[C@@H]1C2. The summed E-state index contributed by atoms with van der Waals surface area (Å²) in [7, 11) is 0. The average Bonchev–Trinajstić information content (AvgIpc) is 3.17. The molecule has 0 saturated carbocycles. The molecular weight excluding hydrogens is 573 g/mol. The quantitative estimate of drug-likeness (QED) is 0.311. The van der Waals surface area contributed by atoms with Gasteiger partial charge in [-0.3, -0.25) is 24.1 Å². The van der Waals surface area contributed by atoms with Crippen molar-refractivity contribution in [2.45, 2.75) is 18.8 Å². The summed E-state index contributed by atoms with van der Waals surface area (Å²) >= 11 is 3.14. The summed E-state index contributed by atoms with van der Waals surface area (Å²) in [4.78, 5) is 66.3.